The van der Waals surface area contributed by atoms with Crippen molar-refractivity contribution >= 4 is 39.1 Å². The van der Waals surface area contributed by atoms with Crippen molar-refractivity contribution in [1.82, 2.24) is 4.98 Å². The molecule has 4 nitrogen and oxygen atoms in total. The molecule has 0 fully saturated rings. The van der Waals surface area contributed by atoms with Gasteiger partial charge in [-0.2, -0.15) is 0 Å². The van der Waals surface area contributed by atoms with Gasteiger partial charge < -0.3 is 10.4 Å². The monoisotopic (exact) mass is 340 g/mol. The first kappa shape index (κ1) is 13.8. The molecule has 0 bridgehead atoms. The zero-order chi connectivity index (χ0) is 13.8. The number of phenolic OH excluding ortho intramolecular Hbond substituents is 1. The van der Waals surface area contributed by atoms with Crippen molar-refractivity contribution in [3.05, 3.63) is 51.7 Å². The highest BCUT2D eigenvalue weighted by Crippen LogP contribution is 2.23. The largest absolute Gasteiger partial charge is 0.508 e. The van der Waals surface area contributed by atoms with Crippen LogP contribution in [0.4, 0.5) is 5.69 Å². The molecule has 0 radical (unpaired) electrons. The molecule has 2 N–H and O–H groups in total. The maximum atomic E-state index is 11.9. The van der Waals surface area contributed by atoms with E-state index >= 15 is 0 Å². The summed E-state index contributed by atoms with van der Waals surface area (Å²) < 4.78 is 0.717. The summed E-state index contributed by atoms with van der Waals surface area (Å²) in [7, 11) is 0. The molecular formula is C13H10BrClN2O2. The number of amides is 1. The molecule has 0 saturated carbocycles. The molecule has 2 rings (SSSR count). The second kappa shape index (κ2) is 6.04. The van der Waals surface area contributed by atoms with Gasteiger partial charge in [0.05, 0.1) is 12.1 Å². The smallest absolute Gasteiger partial charge is 0.229 e. The fraction of sp³-hybridized carbons (Fsp3) is 0.0769. The quantitative estimate of drug-likeness (QED) is 0.841. The van der Waals surface area contributed by atoms with E-state index in [9.17, 15) is 9.90 Å². The molecule has 1 amide bonds. The molecule has 0 unspecified atom stereocenters. The molecule has 0 aliphatic carbocycles. The van der Waals surface area contributed by atoms with E-state index in [0.29, 0.717) is 11.3 Å². The first-order valence-corrected chi connectivity index (χ1v) is 6.61. The minimum atomic E-state index is -0.275. The minimum Gasteiger partial charge on any atom is -0.508 e. The van der Waals surface area contributed by atoms with Crippen LogP contribution in [0.1, 0.15) is 5.56 Å². The van der Waals surface area contributed by atoms with E-state index in [1.807, 2.05) is 0 Å². The number of hydrogen-bond donors (Lipinski definition) is 2. The zero-order valence-electron chi connectivity index (χ0n) is 9.73. The number of pyridine rings is 1. The number of phenols is 1. The molecule has 0 aliphatic heterocycles. The number of rotatable bonds is 3. The fourth-order valence-electron chi connectivity index (χ4n) is 1.54. The van der Waals surface area contributed by atoms with Crippen LogP contribution < -0.4 is 5.32 Å². The van der Waals surface area contributed by atoms with E-state index < -0.39 is 0 Å². The van der Waals surface area contributed by atoms with E-state index in [4.69, 9.17) is 11.6 Å². The van der Waals surface area contributed by atoms with Crippen LogP contribution in [0.5, 0.6) is 5.75 Å². The van der Waals surface area contributed by atoms with Gasteiger partial charge in [0.1, 0.15) is 5.75 Å². The molecule has 1 aromatic carbocycles. The van der Waals surface area contributed by atoms with E-state index in [-0.39, 0.29) is 23.2 Å². The van der Waals surface area contributed by atoms with Crippen molar-refractivity contribution in [2.45, 2.75) is 6.42 Å². The lowest BCUT2D eigenvalue weighted by Crippen LogP contribution is -2.15. The van der Waals surface area contributed by atoms with Crippen LogP contribution in [0.15, 0.2) is 41.0 Å². The van der Waals surface area contributed by atoms with Crippen LogP contribution in [0.3, 0.4) is 0 Å². The minimum absolute atomic E-state index is 0.0650. The Kier molecular flexibility index (Phi) is 4.39. The summed E-state index contributed by atoms with van der Waals surface area (Å²) >= 11 is 9.13. The van der Waals surface area contributed by atoms with Crippen LogP contribution in [-0.2, 0) is 11.2 Å². The Morgan fingerprint density at radius 1 is 1.42 bits per heavy atom. The predicted octanol–water partition coefficient (Wildman–Crippen LogP) is 3.38. The van der Waals surface area contributed by atoms with Crippen molar-refractivity contribution in [2.75, 3.05) is 5.32 Å². The molecule has 6 heteroatoms. The second-order valence-electron chi connectivity index (χ2n) is 3.85. The summed E-state index contributed by atoms with van der Waals surface area (Å²) in [5.74, 6) is -0.181. The van der Waals surface area contributed by atoms with Crippen LogP contribution in [0.2, 0.25) is 5.15 Å². The molecule has 98 valence electrons. The summed E-state index contributed by atoms with van der Waals surface area (Å²) in [6, 6.07) is 8.35. The lowest BCUT2D eigenvalue weighted by Gasteiger charge is -2.08. The number of nitrogens with one attached hydrogen (secondary N) is 1. The average molecular weight is 342 g/mol. The van der Waals surface area contributed by atoms with Crippen molar-refractivity contribution < 1.29 is 9.90 Å². The van der Waals surface area contributed by atoms with Crippen molar-refractivity contribution in [2.24, 2.45) is 0 Å². The van der Waals surface area contributed by atoms with Crippen LogP contribution in [0.25, 0.3) is 0 Å². The number of anilines is 1. The predicted molar refractivity (Wildman–Crippen MR) is 77.4 cm³/mol. The normalized spacial score (nSPS) is 10.2. The third-order valence-electron chi connectivity index (χ3n) is 2.42. The Balaban J connectivity index is 2.10. The molecule has 1 aromatic heterocycles. The number of hydrogen-bond acceptors (Lipinski definition) is 3. The van der Waals surface area contributed by atoms with Gasteiger partial charge in [-0.05, 0) is 28.1 Å². The van der Waals surface area contributed by atoms with Crippen LogP contribution in [0, 0.1) is 0 Å². The molecule has 2 aromatic rings. The summed E-state index contributed by atoms with van der Waals surface area (Å²) in [5.41, 5.74) is 0.982. The number of halogens is 2. The van der Waals surface area contributed by atoms with Crippen molar-refractivity contribution in [1.29, 1.82) is 0 Å². The summed E-state index contributed by atoms with van der Waals surface area (Å²) in [5, 5.41) is 12.5. The van der Waals surface area contributed by atoms with Gasteiger partial charge in [0.2, 0.25) is 5.91 Å². The highest BCUT2D eigenvalue weighted by atomic mass is 79.9. The van der Waals surface area contributed by atoms with Crippen molar-refractivity contribution in [3.8, 4) is 5.75 Å². The number of benzene rings is 1. The number of aromatic hydroxyl groups is 1. The summed E-state index contributed by atoms with van der Waals surface area (Å²) in [4.78, 5) is 15.8. The molecule has 1 heterocycles. The maximum absolute atomic E-state index is 11.9. The second-order valence-corrected chi connectivity index (χ2v) is 5.12. The highest BCUT2D eigenvalue weighted by Gasteiger charge is 2.10. The number of nitrogens with zero attached hydrogens (tertiary/aromatic N) is 1. The first-order chi connectivity index (χ1) is 9.06. The highest BCUT2D eigenvalue weighted by molar-refractivity contribution is 9.10. The Labute approximate surface area is 123 Å². The average Bonchev–Trinajstić information content (AvgIpc) is 2.37. The molecule has 0 atom stereocenters. The number of carbonyl (C=O) groups is 1. The fourth-order valence-corrected chi connectivity index (χ4v) is 2.02. The van der Waals surface area contributed by atoms with Gasteiger partial charge >= 0.3 is 0 Å². The first-order valence-electron chi connectivity index (χ1n) is 5.44. The van der Waals surface area contributed by atoms with Gasteiger partial charge in [0.15, 0.2) is 5.15 Å². The summed E-state index contributed by atoms with van der Waals surface area (Å²) in [6.45, 7) is 0. The molecule has 0 aliphatic rings. The van der Waals surface area contributed by atoms with E-state index in [2.05, 4.69) is 26.2 Å². The lowest BCUT2D eigenvalue weighted by molar-refractivity contribution is -0.115. The van der Waals surface area contributed by atoms with Crippen molar-refractivity contribution in [3.63, 3.8) is 0 Å². The van der Waals surface area contributed by atoms with Gasteiger partial charge in [-0.1, -0.05) is 29.8 Å². The lowest BCUT2D eigenvalue weighted by atomic mass is 10.1. The van der Waals surface area contributed by atoms with E-state index in [1.54, 1.807) is 30.5 Å². The van der Waals surface area contributed by atoms with Crippen LogP contribution in [-0.4, -0.2) is 16.0 Å². The maximum Gasteiger partial charge on any atom is 0.229 e. The van der Waals surface area contributed by atoms with E-state index in [0.717, 1.165) is 4.47 Å². The van der Waals surface area contributed by atoms with Gasteiger partial charge in [-0.25, -0.2) is 4.98 Å². The Morgan fingerprint density at radius 2 is 2.16 bits per heavy atom. The molecule has 0 spiro atoms. The van der Waals surface area contributed by atoms with Crippen LogP contribution >= 0.6 is 27.5 Å². The number of carbonyl (C=O) groups excluding carboxylic acids is 1. The SMILES string of the molecule is O=C(Cc1ccccc1O)Nc1cc(Br)cnc1Cl. The van der Waals surface area contributed by atoms with Gasteiger partial charge in [-0.3, -0.25) is 4.79 Å². The topological polar surface area (TPSA) is 62.2 Å². The number of aromatic nitrogens is 1. The van der Waals surface area contributed by atoms with Gasteiger partial charge in [0, 0.05) is 16.2 Å². The van der Waals surface area contributed by atoms with E-state index in [1.165, 1.54) is 6.07 Å². The summed E-state index contributed by atoms with van der Waals surface area (Å²) in [6.07, 6.45) is 1.61. The Hall–Kier alpha value is -1.59. The zero-order valence-corrected chi connectivity index (χ0v) is 12.1. The van der Waals surface area contributed by atoms with Gasteiger partial charge in [-0.15, -0.1) is 0 Å². The molecule has 19 heavy (non-hydrogen) atoms. The standard InChI is InChI=1S/C13H10BrClN2O2/c14-9-6-10(13(15)16-7-9)17-12(19)5-8-3-1-2-4-11(8)18/h1-4,6-7,18H,5H2,(H,17,19). The Morgan fingerprint density at radius 3 is 2.89 bits per heavy atom. The molecule has 0 saturated heterocycles. The Bertz CT molecular complexity index is 619. The van der Waals surface area contributed by atoms with Gasteiger partial charge in [0.25, 0.3) is 0 Å². The third kappa shape index (κ3) is 3.68. The third-order valence-corrected chi connectivity index (χ3v) is 3.16. The molecular weight excluding hydrogens is 332 g/mol. The number of para-hydroxylation sites is 1.